The van der Waals surface area contributed by atoms with E-state index in [0.717, 1.165) is 30.3 Å². The first-order chi connectivity index (χ1) is 7.79. The number of ether oxygens (including phenoxy) is 1. The van der Waals surface area contributed by atoms with Gasteiger partial charge in [-0.3, -0.25) is 0 Å². The van der Waals surface area contributed by atoms with Gasteiger partial charge in [0.1, 0.15) is 0 Å². The van der Waals surface area contributed by atoms with Crippen LogP contribution in [0.3, 0.4) is 0 Å². The van der Waals surface area contributed by atoms with Crippen molar-refractivity contribution in [1.29, 1.82) is 0 Å². The summed E-state index contributed by atoms with van der Waals surface area (Å²) in [6, 6.07) is 6.38. The highest BCUT2D eigenvalue weighted by Crippen LogP contribution is 2.29. The SMILES string of the molecule is CSc1ccc(Cl)cc1NC1CCCOC1. The van der Waals surface area contributed by atoms with E-state index in [2.05, 4.69) is 17.6 Å². The Balaban J connectivity index is 2.09. The minimum Gasteiger partial charge on any atom is -0.379 e. The number of hydrogen-bond donors (Lipinski definition) is 1. The standard InChI is InChI=1S/C12H16ClNOS/c1-16-12-5-4-9(13)7-11(12)14-10-3-2-6-15-8-10/h4-5,7,10,14H,2-3,6,8H2,1H3. The van der Waals surface area contributed by atoms with Gasteiger partial charge >= 0.3 is 0 Å². The van der Waals surface area contributed by atoms with Gasteiger partial charge in [0.15, 0.2) is 0 Å². The fraction of sp³-hybridized carbons (Fsp3) is 0.500. The Kier molecular flexibility index (Phi) is 4.38. The second kappa shape index (κ2) is 5.80. The van der Waals surface area contributed by atoms with Crippen molar-refractivity contribution in [3.63, 3.8) is 0 Å². The normalized spacial score (nSPS) is 20.8. The third-order valence-corrected chi connectivity index (χ3v) is 3.71. The fourth-order valence-electron chi connectivity index (χ4n) is 1.87. The van der Waals surface area contributed by atoms with E-state index in [0.29, 0.717) is 6.04 Å². The average molecular weight is 258 g/mol. The van der Waals surface area contributed by atoms with E-state index in [9.17, 15) is 0 Å². The molecule has 1 aromatic rings. The molecule has 1 fully saturated rings. The van der Waals surface area contributed by atoms with Crippen molar-refractivity contribution in [2.24, 2.45) is 0 Å². The van der Waals surface area contributed by atoms with Gasteiger partial charge in [-0.2, -0.15) is 0 Å². The number of nitrogens with one attached hydrogen (secondary N) is 1. The number of benzene rings is 1. The fourth-order valence-corrected chi connectivity index (χ4v) is 2.58. The summed E-state index contributed by atoms with van der Waals surface area (Å²) in [5.41, 5.74) is 1.12. The van der Waals surface area contributed by atoms with Crippen LogP contribution in [-0.4, -0.2) is 25.5 Å². The second-order valence-corrected chi connectivity index (χ2v) is 5.19. The molecule has 0 spiro atoms. The topological polar surface area (TPSA) is 21.3 Å². The number of anilines is 1. The van der Waals surface area contributed by atoms with Crippen molar-refractivity contribution < 1.29 is 4.74 Å². The monoisotopic (exact) mass is 257 g/mol. The van der Waals surface area contributed by atoms with E-state index in [-0.39, 0.29) is 0 Å². The summed E-state index contributed by atoms with van der Waals surface area (Å²) in [4.78, 5) is 1.23. The summed E-state index contributed by atoms with van der Waals surface area (Å²) < 4.78 is 5.46. The zero-order valence-electron chi connectivity index (χ0n) is 9.33. The molecule has 1 N–H and O–H groups in total. The Bertz CT molecular complexity index is 353. The van der Waals surface area contributed by atoms with Crippen molar-refractivity contribution in [2.75, 3.05) is 24.8 Å². The molecule has 1 unspecified atom stereocenters. The molecule has 16 heavy (non-hydrogen) atoms. The first-order valence-corrected chi connectivity index (χ1v) is 7.07. The molecule has 4 heteroatoms. The van der Waals surface area contributed by atoms with Crippen LogP contribution in [0.15, 0.2) is 23.1 Å². The third-order valence-electron chi connectivity index (χ3n) is 2.68. The molecule has 0 aromatic heterocycles. The summed E-state index contributed by atoms with van der Waals surface area (Å²) >= 11 is 7.74. The van der Waals surface area contributed by atoms with Gasteiger partial charge in [0.2, 0.25) is 0 Å². The highest BCUT2D eigenvalue weighted by atomic mass is 35.5. The molecular formula is C12H16ClNOS. The van der Waals surface area contributed by atoms with Crippen LogP contribution in [0.25, 0.3) is 0 Å². The van der Waals surface area contributed by atoms with E-state index < -0.39 is 0 Å². The summed E-state index contributed by atoms with van der Waals surface area (Å²) in [5, 5.41) is 4.29. The van der Waals surface area contributed by atoms with Crippen LogP contribution in [0.2, 0.25) is 5.02 Å². The van der Waals surface area contributed by atoms with Crippen LogP contribution in [0, 0.1) is 0 Å². The molecule has 1 aliphatic rings. The van der Waals surface area contributed by atoms with Gasteiger partial charge in [0.25, 0.3) is 0 Å². The lowest BCUT2D eigenvalue weighted by Gasteiger charge is -2.25. The van der Waals surface area contributed by atoms with Crippen LogP contribution in [-0.2, 0) is 4.74 Å². The predicted molar refractivity (Wildman–Crippen MR) is 70.7 cm³/mol. The molecule has 2 nitrogen and oxygen atoms in total. The van der Waals surface area contributed by atoms with E-state index >= 15 is 0 Å². The van der Waals surface area contributed by atoms with Crippen LogP contribution < -0.4 is 5.32 Å². The smallest absolute Gasteiger partial charge is 0.0667 e. The van der Waals surface area contributed by atoms with Crippen molar-refractivity contribution in [3.05, 3.63) is 23.2 Å². The molecule has 1 atom stereocenters. The third kappa shape index (κ3) is 3.06. The van der Waals surface area contributed by atoms with E-state index in [1.165, 1.54) is 11.3 Å². The molecular weight excluding hydrogens is 242 g/mol. The van der Waals surface area contributed by atoms with Gasteiger partial charge in [-0.05, 0) is 37.3 Å². The summed E-state index contributed by atoms with van der Waals surface area (Å²) in [7, 11) is 0. The minimum atomic E-state index is 0.415. The molecule has 88 valence electrons. The largest absolute Gasteiger partial charge is 0.379 e. The Morgan fingerprint density at radius 2 is 2.38 bits per heavy atom. The number of rotatable bonds is 3. The van der Waals surface area contributed by atoms with Crippen LogP contribution in [0.5, 0.6) is 0 Å². The van der Waals surface area contributed by atoms with Gasteiger partial charge in [-0.25, -0.2) is 0 Å². The predicted octanol–water partition coefficient (Wildman–Crippen LogP) is 3.65. The van der Waals surface area contributed by atoms with Crippen molar-refractivity contribution in [2.45, 2.75) is 23.8 Å². The molecule has 0 saturated carbocycles. The van der Waals surface area contributed by atoms with Crippen LogP contribution in [0.1, 0.15) is 12.8 Å². The molecule has 1 heterocycles. The van der Waals surface area contributed by atoms with E-state index in [1.807, 2.05) is 12.1 Å². The Morgan fingerprint density at radius 3 is 3.06 bits per heavy atom. The van der Waals surface area contributed by atoms with Crippen LogP contribution in [0.4, 0.5) is 5.69 Å². The van der Waals surface area contributed by atoms with Gasteiger partial charge in [-0.15, -0.1) is 11.8 Å². The summed E-state index contributed by atoms with van der Waals surface area (Å²) in [6.45, 7) is 1.68. The molecule has 1 aliphatic heterocycles. The number of thioether (sulfide) groups is 1. The summed E-state index contributed by atoms with van der Waals surface area (Å²) in [6.07, 6.45) is 4.37. The first kappa shape index (κ1) is 12.1. The maximum Gasteiger partial charge on any atom is 0.0667 e. The average Bonchev–Trinajstić information content (AvgIpc) is 2.31. The molecule has 0 amide bonds. The second-order valence-electron chi connectivity index (χ2n) is 3.90. The van der Waals surface area contributed by atoms with Crippen LogP contribution >= 0.6 is 23.4 Å². The van der Waals surface area contributed by atoms with Crippen molar-refractivity contribution >= 4 is 29.1 Å². The van der Waals surface area contributed by atoms with E-state index in [4.69, 9.17) is 16.3 Å². The minimum absolute atomic E-state index is 0.415. The van der Waals surface area contributed by atoms with Crippen molar-refractivity contribution in [3.8, 4) is 0 Å². The molecule has 1 saturated heterocycles. The Morgan fingerprint density at radius 1 is 1.50 bits per heavy atom. The highest BCUT2D eigenvalue weighted by Gasteiger charge is 2.14. The lowest BCUT2D eigenvalue weighted by Crippen LogP contribution is -2.30. The maximum absolute atomic E-state index is 6.01. The Hall–Kier alpha value is -0.380. The summed E-state index contributed by atoms with van der Waals surface area (Å²) in [5.74, 6) is 0. The van der Waals surface area contributed by atoms with Gasteiger partial charge < -0.3 is 10.1 Å². The van der Waals surface area contributed by atoms with Gasteiger partial charge in [0, 0.05) is 28.3 Å². The number of halogens is 1. The van der Waals surface area contributed by atoms with Gasteiger partial charge in [0.05, 0.1) is 6.61 Å². The zero-order chi connectivity index (χ0) is 11.4. The molecule has 1 aromatic carbocycles. The number of hydrogen-bond acceptors (Lipinski definition) is 3. The zero-order valence-corrected chi connectivity index (χ0v) is 10.9. The van der Waals surface area contributed by atoms with Crippen molar-refractivity contribution in [1.82, 2.24) is 0 Å². The highest BCUT2D eigenvalue weighted by molar-refractivity contribution is 7.98. The lowest BCUT2D eigenvalue weighted by molar-refractivity contribution is 0.0875. The first-order valence-electron chi connectivity index (χ1n) is 5.47. The quantitative estimate of drug-likeness (QED) is 0.836. The molecule has 0 bridgehead atoms. The van der Waals surface area contributed by atoms with E-state index in [1.54, 1.807) is 11.8 Å². The lowest BCUT2D eigenvalue weighted by atomic mass is 10.1. The molecule has 0 radical (unpaired) electrons. The molecule has 2 rings (SSSR count). The van der Waals surface area contributed by atoms with Gasteiger partial charge in [-0.1, -0.05) is 11.6 Å². The Labute approximate surface area is 106 Å². The molecule has 0 aliphatic carbocycles. The maximum atomic E-state index is 6.01.